The summed E-state index contributed by atoms with van der Waals surface area (Å²) in [7, 11) is 3.64. The van der Waals surface area contributed by atoms with Crippen LogP contribution < -0.4 is 0 Å². The Morgan fingerprint density at radius 1 is 1.47 bits per heavy atom. The molecule has 1 rings (SSSR count). The smallest absolute Gasteiger partial charge is 0.312 e. The van der Waals surface area contributed by atoms with Crippen LogP contribution in [-0.4, -0.2) is 41.7 Å². The van der Waals surface area contributed by atoms with E-state index in [1.54, 1.807) is 12.1 Å². The van der Waals surface area contributed by atoms with Crippen molar-refractivity contribution in [1.82, 2.24) is 4.90 Å². The second-order valence-electron chi connectivity index (χ2n) is 3.75. The second kappa shape index (κ2) is 4.79. The standard InChI is InChI=1S/C11H15NO3/c1-12(2)7-10(11(14)15)8-4-3-5-9(13)6-8/h3-6,10,13H,7H2,1-2H3,(H,14,15). The van der Waals surface area contributed by atoms with Crippen LogP contribution >= 0.6 is 0 Å². The number of nitrogens with zero attached hydrogens (tertiary/aromatic N) is 1. The average Bonchev–Trinajstić information content (AvgIpc) is 2.13. The lowest BCUT2D eigenvalue weighted by atomic mass is 9.99. The van der Waals surface area contributed by atoms with Crippen molar-refractivity contribution in [2.24, 2.45) is 0 Å². The molecule has 2 N–H and O–H groups in total. The van der Waals surface area contributed by atoms with E-state index in [0.717, 1.165) is 0 Å². The van der Waals surface area contributed by atoms with Gasteiger partial charge in [-0.1, -0.05) is 12.1 Å². The fourth-order valence-electron chi connectivity index (χ4n) is 1.43. The molecule has 15 heavy (non-hydrogen) atoms. The van der Waals surface area contributed by atoms with E-state index in [9.17, 15) is 9.90 Å². The van der Waals surface area contributed by atoms with Gasteiger partial charge in [-0.3, -0.25) is 4.79 Å². The number of aliphatic carboxylic acids is 1. The summed E-state index contributed by atoms with van der Waals surface area (Å²) in [5, 5.41) is 18.3. The Morgan fingerprint density at radius 3 is 2.60 bits per heavy atom. The summed E-state index contributed by atoms with van der Waals surface area (Å²) in [6, 6.07) is 6.37. The van der Waals surface area contributed by atoms with Crippen molar-refractivity contribution in [3.8, 4) is 5.75 Å². The van der Waals surface area contributed by atoms with Gasteiger partial charge >= 0.3 is 5.97 Å². The summed E-state index contributed by atoms with van der Waals surface area (Å²) in [6.07, 6.45) is 0. The van der Waals surface area contributed by atoms with Gasteiger partial charge < -0.3 is 15.1 Å². The van der Waals surface area contributed by atoms with Gasteiger partial charge in [0.1, 0.15) is 5.75 Å². The highest BCUT2D eigenvalue weighted by atomic mass is 16.4. The first-order chi connectivity index (χ1) is 7.00. The Labute approximate surface area is 88.8 Å². The van der Waals surface area contributed by atoms with Crippen LogP contribution in [0, 0.1) is 0 Å². The maximum atomic E-state index is 11.0. The lowest BCUT2D eigenvalue weighted by molar-refractivity contribution is -0.139. The molecule has 1 aromatic rings. The molecule has 4 heteroatoms. The summed E-state index contributed by atoms with van der Waals surface area (Å²) in [4.78, 5) is 12.8. The number of aromatic hydroxyl groups is 1. The quantitative estimate of drug-likeness (QED) is 0.780. The molecular formula is C11H15NO3. The fourth-order valence-corrected chi connectivity index (χ4v) is 1.43. The third-order valence-electron chi connectivity index (χ3n) is 2.12. The summed E-state index contributed by atoms with van der Waals surface area (Å²) in [6.45, 7) is 0.415. The van der Waals surface area contributed by atoms with E-state index in [0.29, 0.717) is 12.1 Å². The highest BCUT2D eigenvalue weighted by Gasteiger charge is 2.20. The third-order valence-corrected chi connectivity index (χ3v) is 2.12. The largest absolute Gasteiger partial charge is 0.508 e. The molecule has 0 aliphatic rings. The molecule has 0 fully saturated rings. The minimum atomic E-state index is -0.880. The number of carboxylic acid groups (broad SMARTS) is 1. The van der Waals surface area contributed by atoms with Crippen molar-refractivity contribution < 1.29 is 15.0 Å². The fraction of sp³-hybridized carbons (Fsp3) is 0.364. The number of carboxylic acids is 1. The number of carbonyl (C=O) groups is 1. The van der Waals surface area contributed by atoms with Gasteiger partial charge in [-0.25, -0.2) is 0 Å². The molecule has 0 aromatic heterocycles. The minimum absolute atomic E-state index is 0.0949. The molecule has 4 nitrogen and oxygen atoms in total. The van der Waals surface area contributed by atoms with E-state index in [1.165, 1.54) is 12.1 Å². The van der Waals surface area contributed by atoms with Crippen molar-refractivity contribution >= 4 is 5.97 Å². The summed E-state index contributed by atoms with van der Waals surface area (Å²) in [5.74, 6) is -1.39. The molecule has 0 saturated heterocycles. The number of benzene rings is 1. The first-order valence-electron chi connectivity index (χ1n) is 4.67. The minimum Gasteiger partial charge on any atom is -0.508 e. The van der Waals surface area contributed by atoms with Crippen LogP contribution in [0.1, 0.15) is 11.5 Å². The zero-order valence-electron chi connectivity index (χ0n) is 8.84. The van der Waals surface area contributed by atoms with Gasteiger partial charge in [0.05, 0.1) is 5.92 Å². The second-order valence-corrected chi connectivity index (χ2v) is 3.75. The molecule has 0 radical (unpaired) electrons. The van der Waals surface area contributed by atoms with Gasteiger partial charge in [0, 0.05) is 6.54 Å². The summed E-state index contributed by atoms with van der Waals surface area (Å²) >= 11 is 0. The van der Waals surface area contributed by atoms with E-state index in [1.807, 2.05) is 19.0 Å². The number of phenolic OH excluding ortho intramolecular Hbond substituents is 1. The van der Waals surface area contributed by atoms with Crippen molar-refractivity contribution in [3.63, 3.8) is 0 Å². The lowest BCUT2D eigenvalue weighted by Crippen LogP contribution is -2.25. The maximum absolute atomic E-state index is 11.0. The Bertz CT molecular complexity index is 349. The zero-order chi connectivity index (χ0) is 11.4. The predicted molar refractivity (Wildman–Crippen MR) is 57.0 cm³/mol. The first-order valence-corrected chi connectivity index (χ1v) is 4.67. The van der Waals surface area contributed by atoms with Gasteiger partial charge in [0.25, 0.3) is 0 Å². The van der Waals surface area contributed by atoms with Gasteiger partial charge in [0.2, 0.25) is 0 Å². The van der Waals surface area contributed by atoms with Crippen molar-refractivity contribution in [2.75, 3.05) is 20.6 Å². The van der Waals surface area contributed by atoms with Crippen LogP contribution in [0.4, 0.5) is 0 Å². The lowest BCUT2D eigenvalue weighted by Gasteiger charge is -2.17. The van der Waals surface area contributed by atoms with Gasteiger partial charge in [-0.05, 0) is 31.8 Å². The number of hydrogen-bond acceptors (Lipinski definition) is 3. The molecule has 0 spiro atoms. The highest BCUT2D eigenvalue weighted by molar-refractivity contribution is 5.76. The van der Waals surface area contributed by atoms with E-state index in [-0.39, 0.29) is 5.75 Å². The average molecular weight is 209 g/mol. The number of hydrogen-bond donors (Lipinski definition) is 2. The van der Waals surface area contributed by atoms with Crippen LogP contribution in [0.3, 0.4) is 0 Å². The van der Waals surface area contributed by atoms with Gasteiger partial charge in [-0.2, -0.15) is 0 Å². The molecule has 0 aliphatic heterocycles. The summed E-state index contributed by atoms with van der Waals surface area (Å²) < 4.78 is 0. The van der Waals surface area contributed by atoms with Crippen molar-refractivity contribution in [1.29, 1.82) is 0 Å². The van der Waals surface area contributed by atoms with Gasteiger partial charge in [-0.15, -0.1) is 0 Å². The van der Waals surface area contributed by atoms with E-state index >= 15 is 0 Å². The Balaban J connectivity index is 2.94. The number of rotatable bonds is 4. The molecule has 1 atom stereocenters. The zero-order valence-corrected chi connectivity index (χ0v) is 8.84. The molecule has 82 valence electrons. The molecule has 0 bridgehead atoms. The molecule has 0 amide bonds. The molecular weight excluding hydrogens is 194 g/mol. The molecule has 0 saturated carbocycles. The highest BCUT2D eigenvalue weighted by Crippen LogP contribution is 2.20. The van der Waals surface area contributed by atoms with Gasteiger partial charge in [0.15, 0.2) is 0 Å². The number of phenols is 1. The van der Waals surface area contributed by atoms with E-state index in [2.05, 4.69) is 0 Å². The van der Waals surface area contributed by atoms with Crippen LogP contribution in [0.15, 0.2) is 24.3 Å². The molecule has 0 heterocycles. The SMILES string of the molecule is CN(C)CC(C(=O)O)c1cccc(O)c1. The third kappa shape index (κ3) is 3.25. The molecule has 1 unspecified atom stereocenters. The topological polar surface area (TPSA) is 60.8 Å². The first kappa shape index (κ1) is 11.5. The monoisotopic (exact) mass is 209 g/mol. The van der Waals surface area contributed by atoms with Crippen molar-refractivity contribution in [3.05, 3.63) is 29.8 Å². The number of likely N-dealkylation sites (N-methyl/N-ethyl adjacent to an activating group) is 1. The molecule has 1 aromatic carbocycles. The normalized spacial score (nSPS) is 12.7. The maximum Gasteiger partial charge on any atom is 0.312 e. The van der Waals surface area contributed by atoms with Crippen LogP contribution in [-0.2, 0) is 4.79 Å². The Morgan fingerprint density at radius 2 is 2.13 bits per heavy atom. The Hall–Kier alpha value is -1.55. The van der Waals surface area contributed by atoms with Crippen LogP contribution in [0.25, 0.3) is 0 Å². The Kier molecular flexibility index (Phi) is 3.68. The van der Waals surface area contributed by atoms with E-state index in [4.69, 9.17) is 5.11 Å². The van der Waals surface area contributed by atoms with Crippen LogP contribution in [0.2, 0.25) is 0 Å². The van der Waals surface area contributed by atoms with Crippen LogP contribution in [0.5, 0.6) is 5.75 Å². The molecule has 0 aliphatic carbocycles. The van der Waals surface area contributed by atoms with Crippen molar-refractivity contribution in [2.45, 2.75) is 5.92 Å². The summed E-state index contributed by atoms with van der Waals surface area (Å²) in [5.41, 5.74) is 0.621. The van der Waals surface area contributed by atoms with E-state index < -0.39 is 11.9 Å². The predicted octanol–water partition coefficient (Wildman–Crippen LogP) is 1.12.